The van der Waals surface area contributed by atoms with Crippen LogP contribution in [0.25, 0.3) is 11.4 Å². The van der Waals surface area contributed by atoms with Crippen LogP contribution in [-0.2, 0) is 4.79 Å². The predicted molar refractivity (Wildman–Crippen MR) is 109 cm³/mol. The molecule has 5 nitrogen and oxygen atoms in total. The first-order valence-corrected chi connectivity index (χ1v) is 10.1. The van der Waals surface area contributed by atoms with Crippen LogP contribution in [0.4, 0.5) is 0 Å². The van der Waals surface area contributed by atoms with E-state index >= 15 is 0 Å². The summed E-state index contributed by atoms with van der Waals surface area (Å²) >= 11 is 1.33. The quantitative estimate of drug-likeness (QED) is 0.566. The molecule has 2 N–H and O–H groups in total. The molecule has 2 aromatic carbocycles. The van der Waals surface area contributed by atoms with Gasteiger partial charge in [0.05, 0.1) is 11.8 Å². The third-order valence-electron chi connectivity index (χ3n) is 4.09. The largest absolute Gasteiger partial charge is 0.349 e. The van der Waals surface area contributed by atoms with Gasteiger partial charge in [-0.2, -0.15) is 0 Å². The molecule has 0 aliphatic rings. The molecule has 1 amide bonds. The van der Waals surface area contributed by atoms with Gasteiger partial charge in [-0.25, -0.2) is 4.98 Å². The lowest BCUT2D eigenvalue weighted by atomic mass is 9.97. The summed E-state index contributed by atoms with van der Waals surface area (Å²) in [7, 11) is 0. The number of H-pyrrole nitrogens is 1. The molecule has 0 saturated carbocycles. The van der Waals surface area contributed by atoms with E-state index in [1.54, 1.807) is 0 Å². The Hall–Kier alpha value is -2.60. The van der Waals surface area contributed by atoms with Gasteiger partial charge in [-0.05, 0) is 17.9 Å². The van der Waals surface area contributed by atoms with Gasteiger partial charge < -0.3 is 5.32 Å². The van der Waals surface area contributed by atoms with Gasteiger partial charge >= 0.3 is 0 Å². The number of rotatable bonds is 8. The number of aromatic amines is 1. The number of hydrogen-bond acceptors (Lipinski definition) is 4. The van der Waals surface area contributed by atoms with E-state index in [0.29, 0.717) is 16.9 Å². The summed E-state index contributed by atoms with van der Waals surface area (Å²) in [6.07, 6.45) is 0.902. The molecule has 0 spiro atoms. The molecule has 0 unspecified atom stereocenters. The number of carbonyl (C=O) groups excluding carboxylic acids is 1. The molecule has 1 aromatic heterocycles. The van der Waals surface area contributed by atoms with E-state index in [9.17, 15) is 4.79 Å². The number of hydrogen-bond donors (Lipinski definition) is 2. The Morgan fingerprint density at radius 1 is 1.07 bits per heavy atom. The van der Waals surface area contributed by atoms with E-state index in [1.807, 2.05) is 48.5 Å². The van der Waals surface area contributed by atoms with Crippen molar-refractivity contribution >= 4 is 17.7 Å². The first-order chi connectivity index (χ1) is 13.1. The smallest absolute Gasteiger partial charge is 0.230 e. The highest BCUT2D eigenvalue weighted by Gasteiger charge is 2.17. The Morgan fingerprint density at radius 3 is 2.41 bits per heavy atom. The lowest BCUT2D eigenvalue weighted by molar-refractivity contribution is -0.119. The van der Waals surface area contributed by atoms with Crippen molar-refractivity contribution < 1.29 is 4.79 Å². The molecular formula is C21H24N4OS. The Bertz CT molecular complexity index is 849. The molecule has 0 aliphatic carbocycles. The number of nitrogens with zero attached hydrogens (tertiary/aromatic N) is 2. The van der Waals surface area contributed by atoms with Crippen LogP contribution in [0.2, 0.25) is 0 Å². The second kappa shape index (κ2) is 9.37. The van der Waals surface area contributed by atoms with Gasteiger partial charge in [0.2, 0.25) is 11.1 Å². The van der Waals surface area contributed by atoms with Crippen LogP contribution in [0.15, 0.2) is 65.8 Å². The monoisotopic (exact) mass is 380 g/mol. The van der Waals surface area contributed by atoms with E-state index < -0.39 is 0 Å². The molecular weight excluding hydrogens is 356 g/mol. The summed E-state index contributed by atoms with van der Waals surface area (Å²) in [6.45, 7) is 4.32. The third-order valence-corrected chi connectivity index (χ3v) is 4.94. The van der Waals surface area contributed by atoms with Gasteiger partial charge in [0.15, 0.2) is 5.82 Å². The Balaban J connectivity index is 1.57. The van der Waals surface area contributed by atoms with E-state index in [4.69, 9.17) is 0 Å². The Kier molecular flexibility index (Phi) is 6.65. The Labute approximate surface area is 164 Å². The van der Waals surface area contributed by atoms with Crippen molar-refractivity contribution in [3.8, 4) is 11.4 Å². The average Bonchev–Trinajstić information content (AvgIpc) is 3.16. The fraction of sp³-hybridized carbons (Fsp3) is 0.286. The summed E-state index contributed by atoms with van der Waals surface area (Å²) in [5.41, 5.74) is 2.11. The molecule has 27 heavy (non-hydrogen) atoms. The maximum atomic E-state index is 12.5. The fourth-order valence-electron chi connectivity index (χ4n) is 2.84. The molecule has 6 heteroatoms. The van der Waals surface area contributed by atoms with Crippen LogP contribution in [-0.4, -0.2) is 26.8 Å². The summed E-state index contributed by atoms with van der Waals surface area (Å²) in [4.78, 5) is 16.9. The zero-order chi connectivity index (χ0) is 19.1. The molecule has 0 bridgehead atoms. The summed E-state index contributed by atoms with van der Waals surface area (Å²) in [6, 6.07) is 19.9. The number of nitrogens with one attached hydrogen (secondary N) is 2. The molecule has 0 fully saturated rings. The third kappa shape index (κ3) is 5.69. The van der Waals surface area contributed by atoms with Crippen molar-refractivity contribution in [2.75, 3.05) is 5.75 Å². The molecule has 3 rings (SSSR count). The van der Waals surface area contributed by atoms with Crippen molar-refractivity contribution in [1.29, 1.82) is 0 Å². The number of amides is 1. The van der Waals surface area contributed by atoms with Crippen molar-refractivity contribution in [2.24, 2.45) is 5.92 Å². The number of aromatic nitrogens is 3. The fourth-order valence-corrected chi connectivity index (χ4v) is 3.45. The second-order valence-corrected chi connectivity index (χ2v) is 7.72. The summed E-state index contributed by atoms with van der Waals surface area (Å²) < 4.78 is 0. The minimum Gasteiger partial charge on any atom is -0.349 e. The van der Waals surface area contributed by atoms with Crippen molar-refractivity contribution in [2.45, 2.75) is 31.5 Å². The van der Waals surface area contributed by atoms with E-state index in [-0.39, 0.29) is 17.7 Å². The highest BCUT2D eigenvalue weighted by molar-refractivity contribution is 7.99. The van der Waals surface area contributed by atoms with Crippen molar-refractivity contribution in [3.05, 3.63) is 66.2 Å². The summed E-state index contributed by atoms with van der Waals surface area (Å²) in [5, 5.41) is 10.8. The van der Waals surface area contributed by atoms with Gasteiger partial charge in [0.25, 0.3) is 0 Å². The lowest BCUT2D eigenvalue weighted by Gasteiger charge is -2.21. The van der Waals surface area contributed by atoms with Crippen molar-refractivity contribution in [3.63, 3.8) is 0 Å². The maximum Gasteiger partial charge on any atom is 0.230 e. The molecule has 140 valence electrons. The van der Waals surface area contributed by atoms with Gasteiger partial charge in [0.1, 0.15) is 0 Å². The molecule has 3 aromatic rings. The maximum absolute atomic E-state index is 12.5. The normalized spacial score (nSPS) is 12.1. The highest BCUT2D eigenvalue weighted by Crippen LogP contribution is 2.22. The van der Waals surface area contributed by atoms with Crippen LogP contribution in [0.3, 0.4) is 0 Å². The molecule has 0 radical (unpaired) electrons. The van der Waals surface area contributed by atoms with Gasteiger partial charge in [0, 0.05) is 5.56 Å². The molecule has 0 aliphatic heterocycles. The first-order valence-electron chi connectivity index (χ1n) is 9.06. The minimum absolute atomic E-state index is 0.0134. The van der Waals surface area contributed by atoms with Crippen LogP contribution < -0.4 is 5.32 Å². The van der Waals surface area contributed by atoms with Crippen LogP contribution in [0.5, 0.6) is 0 Å². The standard InChI is InChI=1S/C21H24N4OS/c1-15(2)13-18(16-9-5-3-6-10-16)22-19(26)14-27-21-23-20(24-25-21)17-11-7-4-8-12-17/h3-12,15,18H,13-14H2,1-2H3,(H,22,26)(H,23,24,25)/t18-/m0/s1. The van der Waals surface area contributed by atoms with Crippen molar-refractivity contribution in [1.82, 2.24) is 20.5 Å². The van der Waals surface area contributed by atoms with Crippen LogP contribution in [0.1, 0.15) is 31.9 Å². The molecule has 1 atom stereocenters. The first kappa shape index (κ1) is 19.2. The number of benzene rings is 2. The Morgan fingerprint density at radius 2 is 1.74 bits per heavy atom. The minimum atomic E-state index is -0.0134. The average molecular weight is 381 g/mol. The lowest BCUT2D eigenvalue weighted by Crippen LogP contribution is -2.30. The van der Waals surface area contributed by atoms with Gasteiger partial charge in [-0.3, -0.25) is 9.89 Å². The molecule has 0 saturated heterocycles. The van der Waals surface area contributed by atoms with E-state index in [0.717, 1.165) is 17.5 Å². The zero-order valence-corrected chi connectivity index (χ0v) is 16.4. The van der Waals surface area contributed by atoms with E-state index in [1.165, 1.54) is 11.8 Å². The number of carbonyl (C=O) groups is 1. The topological polar surface area (TPSA) is 70.7 Å². The second-order valence-electron chi connectivity index (χ2n) is 6.78. The van der Waals surface area contributed by atoms with Crippen LogP contribution in [0, 0.1) is 5.92 Å². The SMILES string of the molecule is CC(C)C[C@H](NC(=O)CSc1n[nH]c(-c2ccccc2)n1)c1ccccc1. The highest BCUT2D eigenvalue weighted by atomic mass is 32.2. The zero-order valence-electron chi connectivity index (χ0n) is 15.6. The van der Waals surface area contributed by atoms with Gasteiger partial charge in [-0.1, -0.05) is 86.3 Å². The van der Waals surface area contributed by atoms with Crippen LogP contribution >= 0.6 is 11.8 Å². The summed E-state index contributed by atoms with van der Waals surface area (Å²) in [5.74, 6) is 1.47. The molecule has 1 heterocycles. The predicted octanol–water partition coefficient (Wildman–Crippen LogP) is 4.47. The number of thioether (sulfide) groups is 1. The van der Waals surface area contributed by atoms with Gasteiger partial charge in [-0.15, -0.1) is 5.10 Å². The van der Waals surface area contributed by atoms with E-state index in [2.05, 4.69) is 46.5 Å².